The fourth-order valence-electron chi connectivity index (χ4n) is 2.31. The molecule has 0 saturated heterocycles. The maximum atomic E-state index is 11.9. The van der Waals surface area contributed by atoms with E-state index in [0.29, 0.717) is 17.9 Å². The van der Waals surface area contributed by atoms with Crippen molar-refractivity contribution in [1.82, 2.24) is 5.43 Å². The number of hydrogen-bond donors (Lipinski definition) is 2. The molecule has 1 amide bonds. The van der Waals surface area contributed by atoms with Gasteiger partial charge in [-0.1, -0.05) is 29.8 Å². The van der Waals surface area contributed by atoms with Gasteiger partial charge in [0.15, 0.2) is 18.1 Å². The van der Waals surface area contributed by atoms with Gasteiger partial charge in [-0.05, 0) is 49.6 Å². The molecule has 0 aliphatic carbocycles. The predicted molar refractivity (Wildman–Crippen MR) is 101 cm³/mol. The number of hydrogen-bond acceptors (Lipinski definition) is 5. The average molecular weight is 377 g/mol. The average Bonchev–Trinajstić information content (AvgIpc) is 2.59. The number of aromatic hydroxyl groups is 1. The number of hydrazone groups is 1. The quantitative estimate of drug-likeness (QED) is 0.571. The van der Waals surface area contributed by atoms with Crippen LogP contribution >= 0.6 is 11.6 Å². The molecule has 26 heavy (non-hydrogen) atoms. The smallest absolute Gasteiger partial charge is 0.277 e. The van der Waals surface area contributed by atoms with Crippen molar-refractivity contribution in [3.8, 4) is 17.2 Å². The van der Waals surface area contributed by atoms with Crippen LogP contribution in [0.3, 0.4) is 0 Å². The SMILES string of the molecule is CCOc1cc(C=NNC(=O)COc2c(C)cccc2C)cc(Cl)c1O. The Kier molecular flexibility index (Phi) is 6.86. The molecule has 0 heterocycles. The van der Waals surface area contributed by atoms with E-state index in [2.05, 4.69) is 10.5 Å². The lowest BCUT2D eigenvalue weighted by Gasteiger charge is -2.10. The summed E-state index contributed by atoms with van der Waals surface area (Å²) < 4.78 is 10.8. The standard InChI is InChI=1S/C19H21ClN2O4/c1-4-25-16-9-14(8-15(20)18(16)24)10-21-22-17(23)11-26-19-12(2)6-5-7-13(19)3/h5-10,24H,4,11H2,1-3H3,(H,22,23). The van der Waals surface area contributed by atoms with Gasteiger partial charge in [-0.25, -0.2) is 5.43 Å². The zero-order chi connectivity index (χ0) is 19.1. The highest BCUT2D eigenvalue weighted by atomic mass is 35.5. The van der Waals surface area contributed by atoms with Gasteiger partial charge >= 0.3 is 0 Å². The normalized spacial score (nSPS) is 10.8. The second-order valence-electron chi connectivity index (χ2n) is 5.59. The number of nitrogens with zero attached hydrogens (tertiary/aromatic N) is 1. The molecule has 0 unspecified atom stereocenters. The summed E-state index contributed by atoms with van der Waals surface area (Å²) in [7, 11) is 0. The van der Waals surface area contributed by atoms with Gasteiger partial charge in [-0.2, -0.15) is 5.10 Å². The van der Waals surface area contributed by atoms with E-state index in [-0.39, 0.29) is 29.0 Å². The van der Waals surface area contributed by atoms with Crippen molar-refractivity contribution >= 4 is 23.7 Å². The van der Waals surface area contributed by atoms with Crippen LogP contribution in [0.1, 0.15) is 23.6 Å². The number of para-hydroxylation sites is 1. The van der Waals surface area contributed by atoms with Gasteiger partial charge in [0.1, 0.15) is 5.75 Å². The first-order valence-corrected chi connectivity index (χ1v) is 8.46. The maximum Gasteiger partial charge on any atom is 0.277 e. The van der Waals surface area contributed by atoms with Gasteiger partial charge in [0.05, 0.1) is 17.8 Å². The fourth-order valence-corrected chi connectivity index (χ4v) is 2.53. The van der Waals surface area contributed by atoms with Crippen LogP contribution in [0.2, 0.25) is 5.02 Å². The third-order valence-corrected chi connectivity index (χ3v) is 3.80. The Hall–Kier alpha value is -2.73. The summed E-state index contributed by atoms with van der Waals surface area (Å²) in [4.78, 5) is 11.9. The highest BCUT2D eigenvalue weighted by molar-refractivity contribution is 6.32. The first kappa shape index (κ1) is 19.6. The van der Waals surface area contributed by atoms with E-state index in [4.69, 9.17) is 21.1 Å². The molecule has 0 atom stereocenters. The maximum absolute atomic E-state index is 11.9. The molecule has 0 radical (unpaired) electrons. The van der Waals surface area contributed by atoms with E-state index in [9.17, 15) is 9.90 Å². The number of phenolic OH excluding ortho intramolecular Hbond substituents is 1. The molecular weight excluding hydrogens is 356 g/mol. The minimum absolute atomic E-state index is 0.128. The van der Waals surface area contributed by atoms with Gasteiger partial charge in [-0.3, -0.25) is 4.79 Å². The van der Waals surface area contributed by atoms with E-state index in [1.54, 1.807) is 13.0 Å². The topological polar surface area (TPSA) is 80.2 Å². The highest BCUT2D eigenvalue weighted by Crippen LogP contribution is 2.34. The Morgan fingerprint density at radius 2 is 1.96 bits per heavy atom. The second-order valence-corrected chi connectivity index (χ2v) is 5.99. The molecule has 6 nitrogen and oxygen atoms in total. The van der Waals surface area contributed by atoms with E-state index >= 15 is 0 Å². The molecule has 0 spiro atoms. The Morgan fingerprint density at radius 3 is 2.62 bits per heavy atom. The van der Waals surface area contributed by atoms with E-state index < -0.39 is 0 Å². The summed E-state index contributed by atoms with van der Waals surface area (Å²) in [6.07, 6.45) is 1.41. The summed E-state index contributed by atoms with van der Waals surface area (Å²) in [5, 5.41) is 13.8. The number of phenols is 1. The third kappa shape index (κ3) is 5.13. The molecule has 2 rings (SSSR count). The predicted octanol–water partition coefficient (Wildman–Crippen LogP) is 3.59. The molecule has 0 bridgehead atoms. The molecule has 138 valence electrons. The van der Waals surface area contributed by atoms with Crippen molar-refractivity contribution in [3.63, 3.8) is 0 Å². The number of benzene rings is 2. The van der Waals surface area contributed by atoms with Crippen LogP contribution in [-0.4, -0.2) is 30.4 Å². The summed E-state index contributed by atoms with van der Waals surface area (Å²) in [6, 6.07) is 8.86. The van der Waals surface area contributed by atoms with E-state index in [0.717, 1.165) is 11.1 Å². The van der Waals surface area contributed by atoms with Gasteiger partial charge < -0.3 is 14.6 Å². The molecule has 0 aliphatic heterocycles. The molecule has 2 N–H and O–H groups in total. The molecule has 0 saturated carbocycles. The summed E-state index contributed by atoms with van der Waals surface area (Å²) in [5.74, 6) is 0.431. The van der Waals surface area contributed by atoms with Crippen molar-refractivity contribution in [2.75, 3.05) is 13.2 Å². The van der Waals surface area contributed by atoms with Gasteiger partial charge in [0, 0.05) is 0 Å². The first-order chi connectivity index (χ1) is 12.4. The number of amides is 1. The molecule has 0 aliphatic rings. The number of halogens is 1. The van der Waals surface area contributed by atoms with Crippen LogP contribution in [0.25, 0.3) is 0 Å². The number of carbonyl (C=O) groups is 1. The van der Waals surface area contributed by atoms with Gasteiger partial charge in [0.25, 0.3) is 5.91 Å². The molecule has 0 aromatic heterocycles. The molecule has 2 aromatic rings. The lowest BCUT2D eigenvalue weighted by Crippen LogP contribution is -2.25. The lowest BCUT2D eigenvalue weighted by molar-refractivity contribution is -0.123. The van der Waals surface area contributed by atoms with Crippen LogP contribution < -0.4 is 14.9 Å². The van der Waals surface area contributed by atoms with Crippen LogP contribution in [0.4, 0.5) is 0 Å². The first-order valence-electron chi connectivity index (χ1n) is 8.08. The van der Waals surface area contributed by atoms with E-state index in [1.807, 2.05) is 32.0 Å². The molecular formula is C19H21ClN2O4. The van der Waals surface area contributed by atoms with Gasteiger partial charge in [-0.15, -0.1) is 0 Å². The second kappa shape index (κ2) is 9.10. The van der Waals surface area contributed by atoms with Crippen LogP contribution in [0.5, 0.6) is 17.2 Å². The molecule has 0 fully saturated rings. The summed E-state index contributed by atoms with van der Waals surface area (Å²) in [6.45, 7) is 5.87. The van der Waals surface area contributed by atoms with Crippen LogP contribution in [0.15, 0.2) is 35.4 Å². The Balaban J connectivity index is 1.95. The minimum Gasteiger partial charge on any atom is -0.503 e. The largest absolute Gasteiger partial charge is 0.503 e. The fraction of sp³-hybridized carbons (Fsp3) is 0.263. The summed E-state index contributed by atoms with van der Waals surface area (Å²) in [5.41, 5.74) is 4.88. The zero-order valence-electron chi connectivity index (χ0n) is 14.9. The number of ether oxygens (including phenoxy) is 2. The third-order valence-electron chi connectivity index (χ3n) is 3.51. The minimum atomic E-state index is -0.390. The number of carbonyl (C=O) groups excluding carboxylic acids is 1. The molecule has 7 heteroatoms. The van der Waals surface area contributed by atoms with E-state index in [1.165, 1.54) is 12.3 Å². The monoisotopic (exact) mass is 376 g/mol. The van der Waals surface area contributed by atoms with Crippen molar-refractivity contribution in [1.29, 1.82) is 0 Å². The van der Waals surface area contributed by atoms with Crippen LogP contribution in [0, 0.1) is 13.8 Å². The number of aryl methyl sites for hydroxylation is 2. The number of nitrogens with one attached hydrogen (secondary N) is 1. The van der Waals surface area contributed by atoms with Crippen molar-refractivity contribution in [2.45, 2.75) is 20.8 Å². The van der Waals surface area contributed by atoms with Crippen molar-refractivity contribution in [2.24, 2.45) is 5.10 Å². The summed E-state index contributed by atoms with van der Waals surface area (Å²) >= 11 is 5.94. The Morgan fingerprint density at radius 1 is 1.27 bits per heavy atom. The van der Waals surface area contributed by atoms with Gasteiger partial charge in [0.2, 0.25) is 0 Å². The highest BCUT2D eigenvalue weighted by Gasteiger charge is 2.09. The number of rotatable bonds is 7. The Bertz CT molecular complexity index is 801. The van der Waals surface area contributed by atoms with Crippen LogP contribution in [-0.2, 0) is 4.79 Å². The van der Waals surface area contributed by atoms with Crippen molar-refractivity contribution < 1.29 is 19.4 Å². The van der Waals surface area contributed by atoms with Crippen molar-refractivity contribution in [3.05, 3.63) is 52.0 Å². The molecule has 2 aromatic carbocycles. The zero-order valence-corrected chi connectivity index (χ0v) is 15.6. The Labute approximate surface area is 157 Å². The lowest BCUT2D eigenvalue weighted by atomic mass is 10.1.